The molecular formula is C6H12N2O2. The normalized spacial score (nSPS) is 32.2. The highest BCUT2D eigenvalue weighted by Gasteiger charge is 2.27. The summed E-state index contributed by atoms with van der Waals surface area (Å²) in [5.41, 5.74) is 2.11. The molecule has 1 saturated heterocycles. The van der Waals surface area contributed by atoms with Crippen molar-refractivity contribution in [2.45, 2.75) is 19.4 Å². The van der Waals surface area contributed by atoms with Crippen molar-refractivity contribution in [2.75, 3.05) is 6.61 Å². The molecule has 1 aliphatic heterocycles. The lowest BCUT2D eigenvalue weighted by Crippen LogP contribution is -2.36. The Kier molecular flexibility index (Phi) is 2.24. The van der Waals surface area contributed by atoms with Gasteiger partial charge in [0.25, 0.3) is 0 Å². The van der Waals surface area contributed by atoms with Crippen molar-refractivity contribution in [1.29, 1.82) is 0 Å². The summed E-state index contributed by atoms with van der Waals surface area (Å²) in [5.74, 6) is 4.78. The van der Waals surface area contributed by atoms with Crippen LogP contribution in [-0.4, -0.2) is 18.6 Å². The van der Waals surface area contributed by atoms with Gasteiger partial charge in [-0.25, -0.2) is 5.84 Å². The van der Waals surface area contributed by atoms with Crippen LogP contribution in [-0.2, 0) is 9.53 Å². The van der Waals surface area contributed by atoms with E-state index in [2.05, 4.69) is 5.43 Å². The molecule has 0 spiro atoms. The second kappa shape index (κ2) is 2.98. The standard InChI is InChI=1S/C6H12N2O2/c1-4-2-5(3-10-4)6(9)8-7/h4-5H,2-3,7H2,1H3,(H,8,9)/t4-,5+/m0/s1. The molecule has 1 heterocycles. The van der Waals surface area contributed by atoms with E-state index in [9.17, 15) is 4.79 Å². The van der Waals surface area contributed by atoms with E-state index in [-0.39, 0.29) is 17.9 Å². The van der Waals surface area contributed by atoms with E-state index in [4.69, 9.17) is 10.6 Å². The molecule has 1 amide bonds. The van der Waals surface area contributed by atoms with Crippen molar-refractivity contribution >= 4 is 5.91 Å². The van der Waals surface area contributed by atoms with Gasteiger partial charge in [-0.15, -0.1) is 0 Å². The first-order valence-corrected chi connectivity index (χ1v) is 3.36. The summed E-state index contributed by atoms with van der Waals surface area (Å²) in [7, 11) is 0. The van der Waals surface area contributed by atoms with Gasteiger partial charge in [0.05, 0.1) is 18.6 Å². The Morgan fingerprint density at radius 2 is 2.50 bits per heavy atom. The second-order valence-electron chi connectivity index (χ2n) is 2.59. The highest BCUT2D eigenvalue weighted by atomic mass is 16.5. The molecule has 0 aromatic rings. The van der Waals surface area contributed by atoms with Crippen LogP contribution in [0.3, 0.4) is 0 Å². The van der Waals surface area contributed by atoms with E-state index in [0.717, 1.165) is 6.42 Å². The molecule has 1 rings (SSSR count). The molecule has 0 aromatic heterocycles. The lowest BCUT2D eigenvalue weighted by molar-refractivity contribution is -0.125. The summed E-state index contributed by atoms with van der Waals surface area (Å²) in [6.07, 6.45) is 0.977. The summed E-state index contributed by atoms with van der Waals surface area (Å²) >= 11 is 0. The number of nitrogens with one attached hydrogen (secondary N) is 1. The van der Waals surface area contributed by atoms with E-state index >= 15 is 0 Å². The molecule has 2 atom stereocenters. The summed E-state index contributed by atoms with van der Waals surface area (Å²) in [6.45, 7) is 2.45. The zero-order chi connectivity index (χ0) is 7.56. The van der Waals surface area contributed by atoms with Crippen molar-refractivity contribution in [3.8, 4) is 0 Å². The van der Waals surface area contributed by atoms with E-state index < -0.39 is 0 Å². The molecule has 0 unspecified atom stereocenters. The SMILES string of the molecule is C[C@H]1C[C@@H](C(=O)NN)CO1. The summed E-state index contributed by atoms with van der Waals surface area (Å²) < 4.78 is 5.17. The van der Waals surface area contributed by atoms with Crippen LogP contribution in [0.15, 0.2) is 0 Å². The second-order valence-corrected chi connectivity index (χ2v) is 2.59. The van der Waals surface area contributed by atoms with Crippen molar-refractivity contribution in [3.63, 3.8) is 0 Å². The van der Waals surface area contributed by atoms with E-state index in [1.807, 2.05) is 6.92 Å². The van der Waals surface area contributed by atoms with Gasteiger partial charge in [-0.1, -0.05) is 0 Å². The number of hydrazine groups is 1. The number of amides is 1. The van der Waals surface area contributed by atoms with Gasteiger partial charge < -0.3 is 4.74 Å². The summed E-state index contributed by atoms with van der Waals surface area (Å²) in [4.78, 5) is 10.8. The fourth-order valence-corrected chi connectivity index (χ4v) is 1.12. The molecule has 4 heteroatoms. The largest absolute Gasteiger partial charge is 0.378 e. The number of carbonyl (C=O) groups excluding carboxylic acids is 1. The van der Waals surface area contributed by atoms with Crippen LogP contribution in [0.25, 0.3) is 0 Å². The predicted octanol–water partition coefficient (Wildman–Crippen LogP) is -0.599. The van der Waals surface area contributed by atoms with Crippen LogP contribution in [0.2, 0.25) is 0 Å². The zero-order valence-electron chi connectivity index (χ0n) is 5.96. The highest BCUT2D eigenvalue weighted by molar-refractivity contribution is 5.78. The quantitative estimate of drug-likeness (QED) is 0.293. The van der Waals surface area contributed by atoms with E-state index in [1.54, 1.807) is 0 Å². The smallest absolute Gasteiger partial charge is 0.239 e. The van der Waals surface area contributed by atoms with Crippen molar-refractivity contribution in [1.82, 2.24) is 5.43 Å². The number of hydrogen-bond donors (Lipinski definition) is 2. The fourth-order valence-electron chi connectivity index (χ4n) is 1.12. The number of ether oxygens (including phenoxy) is 1. The molecule has 0 aliphatic carbocycles. The van der Waals surface area contributed by atoms with Gasteiger partial charge in [-0.3, -0.25) is 10.2 Å². The maximum absolute atomic E-state index is 10.8. The molecule has 10 heavy (non-hydrogen) atoms. The molecule has 58 valence electrons. The Morgan fingerprint density at radius 1 is 1.80 bits per heavy atom. The Labute approximate surface area is 59.7 Å². The molecule has 0 aromatic carbocycles. The molecular weight excluding hydrogens is 132 g/mol. The van der Waals surface area contributed by atoms with Crippen molar-refractivity contribution in [3.05, 3.63) is 0 Å². The minimum Gasteiger partial charge on any atom is -0.378 e. The first-order chi connectivity index (χ1) is 4.74. The van der Waals surface area contributed by atoms with Crippen LogP contribution in [0.4, 0.5) is 0 Å². The van der Waals surface area contributed by atoms with Crippen LogP contribution < -0.4 is 11.3 Å². The van der Waals surface area contributed by atoms with Crippen LogP contribution >= 0.6 is 0 Å². The summed E-state index contributed by atoms with van der Waals surface area (Å²) in [6, 6.07) is 0. The number of nitrogens with two attached hydrogens (primary N) is 1. The minimum atomic E-state index is -0.121. The van der Waals surface area contributed by atoms with Gasteiger partial charge in [0.2, 0.25) is 5.91 Å². The van der Waals surface area contributed by atoms with E-state index in [0.29, 0.717) is 6.61 Å². The van der Waals surface area contributed by atoms with Crippen LogP contribution in [0, 0.1) is 5.92 Å². The molecule has 0 radical (unpaired) electrons. The van der Waals surface area contributed by atoms with Crippen molar-refractivity contribution in [2.24, 2.45) is 11.8 Å². The van der Waals surface area contributed by atoms with Gasteiger partial charge in [-0.2, -0.15) is 0 Å². The average molecular weight is 144 g/mol. The number of rotatable bonds is 1. The minimum absolute atomic E-state index is 0.0417. The average Bonchev–Trinajstić information content (AvgIpc) is 2.34. The maximum Gasteiger partial charge on any atom is 0.239 e. The molecule has 4 nitrogen and oxygen atoms in total. The Bertz CT molecular complexity index is 138. The fraction of sp³-hybridized carbons (Fsp3) is 0.833. The molecule has 3 N–H and O–H groups in total. The zero-order valence-corrected chi connectivity index (χ0v) is 5.96. The molecule has 0 saturated carbocycles. The molecule has 1 fully saturated rings. The third kappa shape index (κ3) is 1.46. The number of hydrogen-bond acceptors (Lipinski definition) is 3. The highest BCUT2D eigenvalue weighted by Crippen LogP contribution is 2.18. The van der Waals surface area contributed by atoms with Crippen LogP contribution in [0.1, 0.15) is 13.3 Å². The Morgan fingerprint density at radius 3 is 2.90 bits per heavy atom. The molecule has 0 bridgehead atoms. The first-order valence-electron chi connectivity index (χ1n) is 3.36. The Hall–Kier alpha value is -0.610. The van der Waals surface area contributed by atoms with Gasteiger partial charge >= 0.3 is 0 Å². The number of carbonyl (C=O) groups is 1. The van der Waals surface area contributed by atoms with Crippen molar-refractivity contribution < 1.29 is 9.53 Å². The van der Waals surface area contributed by atoms with Gasteiger partial charge in [0, 0.05) is 0 Å². The van der Waals surface area contributed by atoms with Crippen LogP contribution in [0.5, 0.6) is 0 Å². The Balaban J connectivity index is 2.37. The summed E-state index contributed by atoms with van der Waals surface area (Å²) in [5, 5.41) is 0. The van der Waals surface area contributed by atoms with E-state index in [1.165, 1.54) is 0 Å². The maximum atomic E-state index is 10.8. The predicted molar refractivity (Wildman–Crippen MR) is 35.9 cm³/mol. The third-order valence-corrected chi connectivity index (χ3v) is 1.71. The van der Waals surface area contributed by atoms with Gasteiger partial charge in [0.15, 0.2) is 0 Å². The van der Waals surface area contributed by atoms with Gasteiger partial charge in [0.1, 0.15) is 0 Å². The topological polar surface area (TPSA) is 64.4 Å². The van der Waals surface area contributed by atoms with Gasteiger partial charge in [-0.05, 0) is 13.3 Å². The third-order valence-electron chi connectivity index (χ3n) is 1.71. The lowest BCUT2D eigenvalue weighted by atomic mass is 10.1. The first kappa shape index (κ1) is 7.50. The molecule has 1 aliphatic rings. The monoisotopic (exact) mass is 144 g/mol. The lowest BCUT2D eigenvalue weighted by Gasteiger charge is -2.03.